The van der Waals surface area contributed by atoms with Crippen molar-refractivity contribution >= 4 is 18.3 Å². The summed E-state index contributed by atoms with van der Waals surface area (Å²) < 4.78 is 16.0. The van der Waals surface area contributed by atoms with E-state index in [1.54, 1.807) is 32.4 Å². The molecule has 124 valence electrons. The second kappa shape index (κ2) is 9.38. The van der Waals surface area contributed by atoms with Crippen molar-refractivity contribution < 1.29 is 19.0 Å². The first-order chi connectivity index (χ1) is 10.2. The molecule has 1 amide bonds. The first-order valence-corrected chi connectivity index (χ1v) is 7.07. The Balaban J connectivity index is 0.00000242. The molecule has 1 saturated heterocycles. The molecule has 2 N–H and O–H groups in total. The molecule has 1 fully saturated rings. The van der Waals surface area contributed by atoms with Gasteiger partial charge in [-0.3, -0.25) is 4.79 Å². The highest BCUT2D eigenvalue weighted by atomic mass is 35.5. The minimum atomic E-state index is 0. The van der Waals surface area contributed by atoms with E-state index in [1.807, 2.05) is 0 Å². The molecule has 1 aromatic rings. The minimum absolute atomic E-state index is 0. The van der Waals surface area contributed by atoms with Crippen LogP contribution in [0.2, 0.25) is 0 Å². The quantitative estimate of drug-likeness (QED) is 0.702. The van der Waals surface area contributed by atoms with Gasteiger partial charge in [-0.15, -0.1) is 12.4 Å². The van der Waals surface area contributed by atoms with Gasteiger partial charge in [0.1, 0.15) is 17.2 Å². The van der Waals surface area contributed by atoms with E-state index in [9.17, 15) is 4.79 Å². The molecule has 0 atom stereocenters. The lowest BCUT2D eigenvalue weighted by molar-refractivity contribution is -0.126. The fourth-order valence-corrected chi connectivity index (χ4v) is 1.96. The lowest BCUT2D eigenvalue weighted by atomic mass is 10.0. The number of rotatable bonds is 8. The third kappa shape index (κ3) is 5.27. The third-order valence-electron chi connectivity index (χ3n) is 3.37. The van der Waals surface area contributed by atoms with Gasteiger partial charge in [0.15, 0.2) is 0 Å². The SMILES string of the molecule is COc1cc(OC)cc(OCCCNC(=O)C2CNC2)c1.Cl. The zero-order valence-electron chi connectivity index (χ0n) is 12.9. The zero-order valence-corrected chi connectivity index (χ0v) is 13.7. The Morgan fingerprint density at radius 2 is 1.77 bits per heavy atom. The Morgan fingerprint density at radius 1 is 1.18 bits per heavy atom. The van der Waals surface area contributed by atoms with Crippen LogP contribution < -0.4 is 24.8 Å². The molecular weight excluding hydrogens is 308 g/mol. The standard InChI is InChI=1S/C15H22N2O4.ClH/c1-19-12-6-13(20-2)8-14(7-12)21-5-3-4-17-15(18)11-9-16-10-11;/h6-8,11,16H,3-5,9-10H2,1-2H3,(H,17,18);1H. The molecule has 1 aliphatic rings. The van der Waals surface area contributed by atoms with Crippen LogP contribution in [0.15, 0.2) is 18.2 Å². The average Bonchev–Trinajstić information content (AvgIpc) is 2.44. The van der Waals surface area contributed by atoms with E-state index in [4.69, 9.17) is 14.2 Å². The van der Waals surface area contributed by atoms with Gasteiger partial charge in [0.25, 0.3) is 0 Å². The van der Waals surface area contributed by atoms with Crippen LogP contribution in [0.1, 0.15) is 6.42 Å². The number of carbonyl (C=O) groups excluding carboxylic acids is 1. The molecule has 22 heavy (non-hydrogen) atoms. The predicted octanol–water partition coefficient (Wildman–Crippen LogP) is 1.23. The fraction of sp³-hybridized carbons (Fsp3) is 0.533. The Hall–Kier alpha value is -1.66. The average molecular weight is 331 g/mol. The van der Waals surface area contributed by atoms with Crippen molar-refractivity contribution in [3.8, 4) is 17.2 Å². The van der Waals surface area contributed by atoms with E-state index in [-0.39, 0.29) is 24.2 Å². The number of amides is 1. The van der Waals surface area contributed by atoms with Crippen molar-refractivity contribution in [2.24, 2.45) is 5.92 Å². The second-order valence-corrected chi connectivity index (χ2v) is 4.90. The highest BCUT2D eigenvalue weighted by Crippen LogP contribution is 2.27. The normalized spacial score (nSPS) is 13.5. The van der Waals surface area contributed by atoms with E-state index in [0.717, 1.165) is 19.5 Å². The van der Waals surface area contributed by atoms with Crippen LogP contribution >= 0.6 is 12.4 Å². The largest absolute Gasteiger partial charge is 0.496 e. The maximum Gasteiger partial charge on any atom is 0.225 e. The number of carbonyl (C=O) groups is 1. The van der Waals surface area contributed by atoms with E-state index in [1.165, 1.54) is 0 Å². The summed E-state index contributed by atoms with van der Waals surface area (Å²) in [4.78, 5) is 11.6. The van der Waals surface area contributed by atoms with Gasteiger partial charge >= 0.3 is 0 Å². The summed E-state index contributed by atoms with van der Waals surface area (Å²) in [5.74, 6) is 2.33. The summed E-state index contributed by atoms with van der Waals surface area (Å²) in [6.45, 7) is 2.72. The molecule has 0 saturated carbocycles. The molecule has 0 spiro atoms. The minimum Gasteiger partial charge on any atom is -0.496 e. The van der Waals surface area contributed by atoms with Gasteiger partial charge < -0.3 is 24.8 Å². The molecule has 1 heterocycles. The molecule has 0 unspecified atom stereocenters. The van der Waals surface area contributed by atoms with E-state index < -0.39 is 0 Å². The molecular formula is C15H23ClN2O4. The maximum absolute atomic E-state index is 11.6. The zero-order chi connectivity index (χ0) is 15.1. The first kappa shape index (κ1) is 18.4. The van der Waals surface area contributed by atoms with Gasteiger partial charge in [0.05, 0.1) is 26.7 Å². The smallest absolute Gasteiger partial charge is 0.225 e. The van der Waals surface area contributed by atoms with E-state index in [2.05, 4.69) is 10.6 Å². The molecule has 0 radical (unpaired) electrons. The van der Waals surface area contributed by atoms with Crippen LogP contribution in [-0.2, 0) is 4.79 Å². The first-order valence-electron chi connectivity index (χ1n) is 7.07. The Labute approximate surface area is 136 Å². The lowest BCUT2D eigenvalue weighted by Crippen LogP contribution is -2.50. The van der Waals surface area contributed by atoms with Gasteiger partial charge in [-0.2, -0.15) is 0 Å². The highest BCUT2D eigenvalue weighted by Gasteiger charge is 2.23. The lowest BCUT2D eigenvalue weighted by Gasteiger charge is -2.25. The number of benzene rings is 1. The van der Waals surface area contributed by atoms with Crippen molar-refractivity contribution in [1.82, 2.24) is 10.6 Å². The van der Waals surface area contributed by atoms with Crippen molar-refractivity contribution in [3.05, 3.63) is 18.2 Å². The van der Waals surface area contributed by atoms with Gasteiger partial charge in [0, 0.05) is 37.8 Å². The second-order valence-electron chi connectivity index (χ2n) is 4.90. The molecule has 0 bridgehead atoms. The van der Waals surface area contributed by atoms with Gasteiger partial charge in [-0.05, 0) is 6.42 Å². The monoisotopic (exact) mass is 330 g/mol. The topological polar surface area (TPSA) is 68.8 Å². The van der Waals surface area contributed by atoms with Crippen LogP contribution in [0.4, 0.5) is 0 Å². The number of methoxy groups -OCH3 is 2. The molecule has 1 aromatic carbocycles. The summed E-state index contributed by atoms with van der Waals surface area (Å²) >= 11 is 0. The van der Waals surface area contributed by atoms with Crippen LogP contribution in [-0.4, -0.2) is 46.4 Å². The number of nitrogens with one attached hydrogen (secondary N) is 2. The van der Waals surface area contributed by atoms with Gasteiger partial charge in [-0.25, -0.2) is 0 Å². The summed E-state index contributed by atoms with van der Waals surface area (Å²) in [5, 5.41) is 5.99. The summed E-state index contributed by atoms with van der Waals surface area (Å²) in [7, 11) is 3.20. The highest BCUT2D eigenvalue weighted by molar-refractivity contribution is 5.85. The van der Waals surface area contributed by atoms with E-state index in [0.29, 0.717) is 30.4 Å². The Bertz CT molecular complexity index is 458. The van der Waals surface area contributed by atoms with Crippen LogP contribution in [0, 0.1) is 5.92 Å². The molecule has 0 aromatic heterocycles. The van der Waals surface area contributed by atoms with Crippen LogP contribution in [0.3, 0.4) is 0 Å². The maximum atomic E-state index is 11.6. The van der Waals surface area contributed by atoms with Crippen LogP contribution in [0.25, 0.3) is 0 Å². The van der Waals surface area contributed by atoms with Crippen LogP contribution in [0.5, 0.6) is 17.2 Å². The summed E-state index contributed by atoms with van der Waals surface area (Å²) in [6, 6.07) is 5.40. The number of hydrogen-bond acceptors (Lipinski definition) is 5. The summed E-state index contributed by atoms with van der Waals surface area (Å²) in [6.07, 6.45) is 0.755. The predicted molar refractivity (Wildman–Crippen MR) is 86.3 cm³/mol. The molecule has 2 rings (SSSR count). The molecule has 1 aliphatic heterocycles. The van der Waals surface area contributed by atoms with Crippen molar-refractivity contribution in [2.75, 3.05) is 40.5 Å². The van der Waals surface area contributed by atoms with Gasteiger partial charge in [-0.1, -0.05) is 0 Å². The van der Waals surface area contributed by atoms with Gasteiger partial charge in [0.2, 0.25) is 5.91 Å². The Kier molecular flexibility index (Phi) is 7.84. The summed E-state index contributed by atoms with van der Waals surface area (Å²) in [5.41, 5.74) is 0. The molecule has 6 nitrogen and oxygen atoms in total. The van der Waals surface area contributed by atoms with E-state index >= 15 is 0 Å². The third-order valence-corrected chi connectivity index (χ3v) is 3.37. The molecule has 7 heteroatoms. The number of ether oxygens (including phenoxy) is 3. The number of halogens is 1. The fourth-order valence-electron chi connectivity index (χ4n) is 1.96. The number of hydrogen-bond donors (Lipinski definition) is 2. The Morgan fingerprint density at radius 3 is 2.27 bits per heavy atom. The van der Waals surface area contributed by atoms with Crippen molar-refractivity contribution in [2.45, 2.75) is 6.42 Å². The molecule has 0 aliphatic carbocycles. The van der Waals surface area contributed by atoms with Crippen molar-refractivity contribution in [1.29, 1.82) is 0 Å². The van der Waals surface area contributed by atoms with Crippen molar-refractivity contribution in [3.63, 3.8) is 0 Å².